The molecule has 1 aromatic carbocycles. The standard InChI is InChI=1S/C20H24N4O5S/c1-20(18(21)26,29-19(27)23-9-11-28-12-10-23)24(16-13-30-14-22-16)17(25)8-7-15-5-3-2-4-6-15/h2-6,13-14H,7-12H2,1H3,(H2,21,26)/t20-/m0/s1. The second kappa shape index (κ2) is 9.68. The summed E-state index contributed by atoms with van der Waals surface area (Å²) in [6, 6.07) is 9.48. The molecule has 10 heteroatoms. The lowest BCUT2D eigenvalue weighted by Gasteiger charge is -2.38. The van der Waals surface area contributed by atoms with Gasteiger partial charge in [-0.2, -0.15) is 0 Å². The zero-order chi connectivity index (χ0) is 21.6. The highest BCUT2D eigenvalue weighted by molar-refractivity contribution is 7.07. The van der Waals surface area contributed by atoms with Gasteiger partial charge in [-0.05, 0) is 12.0 Å². The van der Waals surface area contributed by atoms with E-state index in [1.807, 2.05) is 30.3 Å². The van der Waals surface area contributed by atoms with Crippen LogP contribution in [-0.4, -0.2) is 59.8 Å². The summed E-state index contributed by atoms with van der Waals surface area (Å²) < 4.78 is 10.8. The Kier molecular flexibility index (Phi) is 7.01. The van der Waals surface area contributed by atoms with E-state index in [1.165, 1.54) is 28.7 Å². The van der Waals surface area contributed by atoms with Crippen molar-refractivity contribution in [3.8, 4) is 0 Å². The Morgan fingerprint density at radius 1 is 1.27 bits per heavy atom. The molecule has 1 aliphatic heterocycles. The fourth-order valence-electron chi connectivity index (χ4n) is 3.10. The van der Waals surface area contributed by atoms with Crippen LogP contribution in [0.1, 0.15) is 18.9 Å². The highest BCUT2D eigenvalue weighted by Crippen LogP contribution is 2.28. The van der Waals surface area contributed by atoms with Gasteiger partial charge in [0.15, 0.2) is 0 Å². The first-order valence-electron chi connectivity index (χ1n) is 9.52. The fraction of sp³-hybridized carbons (Fsp3) is 0.400. The zero-order valence-corrected chi connectivity index (χ0v) is 17.5. The Labute approximate surface area is 178 Å². The molecule has 3 rings (SSSR count). The molecule has 160 valence electrons. The van der Waals surface area contributed by atoms with Crippen molar-refractivity contribution in [3.63, 3.8) is 0 Å². The summed E-state index contributed by atoms with van der Waals surface area (Å²) in [5, 5.41) is 1.60. The van der Waals surface area contributed by atoms with Crippen molar-refractivity contribution >= 4 is 35.1 Å². The number of benzene rings is 1. The Bertz CT molecular complexity index is 871. The average Bonchev–Trinajstić information content (AvgIpc) is 3.27. The molecule has 1 aliphatic rings. The lowest BCUT2D eigenvalue weighted by Crippen LogP contribution is -2.62. The third kappa shape index (κ3) is 4.95. The SMILES string of the molecule is C[C@](OC(=O)N1CCOCC1)(C(N)=O)N(C(=O)CCc1ccccc1)c1cscn1. The van der Waals surface area contributed by atoms with Crippen molar-refractivity contribution < 1.29 is 23.9 Å². The van der Waals surface area contributed by atoms with Crippen molar-refractivity contribution in [2.45, 2.75) is 25.5 Å². The first-order valence-corrected chi connectivity index (χ1v) is 10.5. The molecule has 2 N–H and O–H groups in total. The van der Waals surface area contributed by atoms with Crippen LogP contribution in [0.2, 0.25) is 0 Å². The molecule has 0 spiro atoms. The predicted octanol–water partition coefficient (Wildman–Crippen LogP) is 1.78. The van der Waals surface area contributed by atoms with Crippen molar-refractivity contribution in [1.29, 1.82) is 0 Å². The maximum absolute atomic E-state index is 13.2. The highest BCUT2D eigenvalue weighted by atomic mass is 32.1. The van der Waals surface area contributed by atoms with Crippen LogP contribution in [0, 0.1) is 0 Å². The minimum atomic E-state index is -2.03. The Morgan fingerprint density at radius 3 is 2.57 bits per heavy atom. The largest absolute Gasteiger partial charge is 0.413 e. The van der Waals surface area contributed by atoms with Gasteiger partial charge in [0, 0.05) is 31.8 Å². The van der Waals surface area contributed by atoms with E-state index in [4.69, 9.17) is 15.2 Å². The van der Waals surface area contributed by atoms with Gasteiger partial charge in [0.25, 0.3) is 11.6 Å². The van der Waals surface area contributed by atoms with E-state index in [0.717, 1.165) is 10.5 Å². The second-order valence-electron chi connectivity index (χ2n) is 6.88. The summed E-state index contributed by atoms with van der Waals surface area (Å²) in [5.41, 5.74) is 6.09. The molecule has 0 aliphatic carbocycles. The predicted molar refractivity (Wildman–Crippen MR) is 111 cm³/mol. The number of anilines is 1. The van der Waals surface area contributed by atoms with Crippen LogP contribution in [0.4, 0.5) is 10.6 Å². The average molecular weight is 433 g/mol. The Morgan fingerprint density at radius 2 is 1.97 bits per heavy atom. The van der Waals surface area contributed by atoms with Gasteiger partial charge in [-0.15, -0.1) is 11.3 Å². The van der Waals surface area contributed by atoms with Crippen molar-refractivity contribution in [3.05, 3.63) is 46.8 Å². The van der Waals surface area contributed by atoms with Crippen molar-refractivity contribution in [2.24, 2.45) is 5.73 Å². The van der Waals surface area contributed by atoms with Crippen LogP contribution in [0.5, 0.6) is 0 Å². The number of thiazole rings is 1. The number of aromatic nitrogens is 1. The van der Waals surface area contributed by atoms with Crippen LogP contribution >= 0.6 is 11.3 Å². The molecule has 9 nitrogen and oxygen atoms in total. The summed E-state index contributed by atoms with van der Waals surface area (Å²) in [5.74, 6) is -1.19. The van der Waals surface area contributed by atoms with E-state index in [-0.39, 0.29) is 12.2 Å². The number of carbonyl (C=O) groups is 3. The summed E-state index contributed by atoms with van der Waals surface area (Å²) in [4.78, 5) is 44.9. The first kappa shape index (κ1) is 21.7. The number of hydrogen-bond acceptors (Lipinski definition) is 7. The topological polar surface area (TPSA) is 115 Å². The minimum Gasteiger partial charge on any atom is -0.413 e. The van der Waals surface area contributed by atoms with Gasteiger partial charge in [0.05, 0.1) is 18.7 Å². The zero-order valence-electron chi connectivity index (χ0n) is 16.7. The van der Waals surface area contributed by atoms with Crippen LogP contribution in [0.3, 0.4) is 0 Å². The molecule has 30 heavy (non-hydrogen) atoms. The molecule has 1 atom stereocenters. The summed E-state index contributed by atoms with van der Waals surface area (Å²) in [7, 11) is 0. The van der Waals surface area contributed by atoms with E-state index in [9.17, 15) is 14.4 Å². The molecule has 0 radical (unpaired) electrons. The quantitative estimate of drug-likeness (QED) is 0.667. The smallest absolute Gasteiger partial charge is 0.412 e. The van der Waals surface area contributed by atoms with Crippen molar-refractivity contribution in [2.75, 3.05) is 31.2 Å². The van der Waals surface area contributed by atoms with Crippen LogP contribution in [-0.2, 0) is 25.5 Å². The third-order valence-corrected chi connectivity index (χ3v) is 5.38. The molecule has 3 amide bonds. The van der Waals surface area contributed by atoms with Gasteiger partial charge in [-0.1, -0.05) is 30.3 Å². The van der Waals surface area contributed by atoms with Gasteiger partial charge in [0.1, 0.15) is 5.82 Å². The molecule has 0 unspecified atom stereocenters. The third-order valence-electron chi connectivity index (χ3n) is 4.81. The lowest BCUT2D eigenvalue weighted by molar-refractivity contribution is -0.141. The summed E-state index contributed by atoms with van der Waals surface area (Å²) in [6.07, 6.45) is -0.206. The van der Waals surface area contributed by atoms with Crippen LogP contribution in [0.25, 0.3) is 0 Å². The molecule has 1 aromatic heterocycles. The normalized spacial score (nSPS) is 15.8. The van der Waals surface area contributed by atoms with Gasteiger partial charge in [-0.25, -0.2) is 14.7 Å². The van der Waals surface area contributed by atoms with Crippen LogP contribution < -0.4 is 10.6 Å². The monoisotopic (exact) mass is 432 g/mol. The van der Waals surface area contributed by atoms with Gasteiger partial charge >= 0.3 is 6.09 Å². The van der Waals surface area contributed by atoms with Crippen molar-refractivity contribution in [1.82, 2.24) is 9.88 Å². The van der Waals surface area contributed by atoms with E-state index in [1.54, 1.807) is 5.38 Å². The highest BCUT2D eigenvalue weighted by Gasteiger charge is 2.47. The van der Waals surface area contributed by atoms with Gasteiger partial charge in [0.2, 0.25) is 5.91 Å². The number of primary amides is 1. The number of hydrogen-bond donors (Lipinski definition) is 1. The van der Waals surface area contributed by atoms with E-state index < -0.39 is 23.6 Å². The second-order valence-corrected chi connectivity index (χ2v) is 7.59. The number of rotatable bonds is 7. The number of carbonyl (C=O) groups excluding carboxylic acids is 3. The number of nitrogens with two attached hydrogens (primary N) is 1. The van der Waals surface area contributed by atoms with E-state index >= 15 is 0 Å². The Balaban J connectivity index is 1.84. The number of amides is 3. The number of nitrogens with zero attached hydrogens (tertiary/aromatic N) is 3. The maximum atomic E-state index is 13.2. The minimum absolute atomic E-state index is 0.0829. The summed E-state index contributed by atoms with van der Waals surface area (Å²) >= 11 is 1.25. The molecule has 2 heterocycles. The number of aryl methyl sites for hydroxylation is 1. The molecular formula is C20H24N4O5S. The molecule has 1 saturated heterocycles. The maximum Gasteiger partial charge on any atom is 0.412 e. The molecule has 2 aromatic rings. The van der Waals surface area contributed by atoms with E-state index in [0.29, 0.717) is 32.7 Å². The van der Waals surface area contributed by atoms with Gasteiger partial charge in [-0.3, -0.25) is 9.59 Å². The molecule has 0 saturated carbocycles. The fourth-order valence-corrected chi connectivity index (χ4v) is 3.61. The number of ether oxygens (including phenoxy) is 2. The van der Waals surface area contributed by atoms with Crippen LogP contribution in [0.15, 0.2) is 41.2 Å². The molecule has 0 bridgehead atoms. The molecular weight excluding hydrogens is 408 g/mol. The first-order chi connectivity index (χ1) is 14.4. The van der Waals surface area contributed by atoms with Gasteiger partial charge < -0.3 is 20.1 Å². The Hall–Kier alpha value is -2.98. The molecule has 1 fully saturated rings. The van der Waals surface area contributed by atoms with E-state index in [2.05, 4.69) is 4.98 Å². The lowest BCUT2D eigenvalue weighted by atomic mass is 10.1. The summed E-state index contributed by atoms with van der Waals surface area (Å²) in [6.45, 7) is 2.70. The number of morpholine rings is 1.